The van der Waals surface area contributed by atoms with Gasteiger partial charge in [0, 0.05) is 19.6 Å². The van der Waals surface area contributed by atoms with E-state index in [1.54, 1.807) is 14.2 Å². The predicted octanol–water partition coefficient (Wildman–Crippen LogP) is 0.946. The van der Waals surface area contributed by atoms with E-state index in [1.165, 1.54) is 0 Å². The van der Waals surface area contributed by atoms with E-state index in [0.717, 1.165) is 5.56 Å². The highest BCUT2D eigenvalue weighted by atomic mass is 32.2. The van der Waals surface area contributed by atoms with Crippen molar-refractivity contribution in [2.75, 3.05) is 32.3 Å². The molecule has 1 aliphatic rings. The SMILES string of the molecule is CCOc1cc(CNC(=NC)NC2CCS(=O)(=O)C2)ccc1OC. The number of nitrogens with zero attached hydrogens (tertiary/aromatic N) is 1. The van der Waals surface area contributed by atoms with Gasteiger partial charge in [0.1, 0.15) is 0 Å². The van der Waals surface area contributed by atoms with Crippen molar-refractivity contribution in [3.8, 4) is 11.5 Å². The van der Waals surface area contributed by atoms with Gasteiger partial charge in [0.15, 0.2) is 27.3 Å². The molecule has 0 amide bonds. The van der Waals surface area contributed by atoms with E-state index in [0.29, 0.717) is 37.0 Å². The van der Waals surface area contributed by atoms with Crippen LogP contribution in [-0.2, 0) is 16.4 Å². The Labute approximate surface area is 143 Å². The highest BCUT2D eigenvalue weighted by molar-refractivity contribution is 7.91. The maximum Gasteiger partial charge on any atom is 0.191 e. The van der Waals surface area contributed by atoms with E-state index in [1.807, 2.05) is 25.1 Å². The van der Waals surface area contributed by atoms with Crippen molar-refractivity contribution in [1.29, 1.82) is 0 Å². The minimum Gasteiger partial charge on any atom is -0.493 e. The fraction of sp³-hybridized carbons (Fsp3) is 0.562. The summed E-state index contributed by atoms with van der Waals surface area (Å²) in [7, 11) is 0.362. The van der Waals surface area contributed by atoms with Gasteiger partial charge in [-0.3, -0.25) is 4.99 Å². The maximum atomic E-state index is 11.5. The molecular weight excluding hydrogens is 330 g/mol. The van der Waals surface area contributed by atoms with Crippen LogP contribution in [0, 0.1) is 0 Å². The predicted molar refractivity (Wildman–Crippen MR) is 94.6 cm³/mol. The fourth-order valence-corrected chi connectivity index (χ4v) is 4.26. The summed E-state index contributed by atoms with van der Waals surface area (Å²) in [5.74, 6) is 2.37. The summed E-state index contributed by atoms with van der Waals surface area (Å²) >= 11 is 0. The molecule has 0 saturated carbocycles. The summed E-state index contributed by atoms with van der Waals surface area (Å²) in [6.07, 6.45) is 0.611. The van der Waals surface area contributed by atoms with Crippen molar-refractivity contribution < 1.29 is 17.9 Å². The second kappa shape index (κ2) is 8.23. The lowest BCUT2D eigenvalue weighted by Gasteiger charge is -2.17. The number of hydrogen-bond donors (Lipinski definition) is 2. The number of sulfone groups is 1. The Kier molecular flexibility index (Phi) is 6.30. The molecule has 2 rings (SSSR count). The third-order valence-corrected chi connectivity index (χ3v) is 5.55. The highest BCUT2D eigenvalue weighted by Crippen LogP contribution is 2.27. The minimum absolute atomic E-state index is 0.0870. The Balaban J connectivity index is 1.94. The summed E-state index contributed by atoms with van der Waals surface area (Å²) in [4.78, 5) is 4.15. The molecule has 0 aromatic heterocycles. The van der Waals surface area contributed by atoms with E-state index in [-0.39, 0.29) is 17.5 Å². The van der Waals surface area contributed by atoms with Gasteiger partial charge >= 0.3 is 0 Å². The van der Waals surface area contributed by atoms with Gasteiger partial charge in [-0.2, -0.15) is 0 Å². The molecule has 2 N–H and O–H groups in total. The number of hydrogen-bond acceptors (Lipinski definition) is 5. The molecule has 134 valence electrons. The molecule has 8 heteroatoms. The van der Waals surface area contributed by atoms with Gasteiger partial charge in [-0.05, 0) is 31.0 Å². The van der Waals surface area contributed by atoms with Crippen LogP contribution in [0.2, 0.25) is 0 Å². The average molecular weight is 355 g/mol. The molecule has 1 atom stereocenters. The number of guanidine groups is 1. The van der Waals surface area contributed by atoms with Crippen LogP contribution >= 0.6 is 0 Å². The Bertz CT molecular complexity index is 689. The number of nitrogens with one attached hydrogen (secondary N) is 2. The second-order valence-corrected chi connectivity index (χ2v) is 7.82. The lowest BCUT2D eigenvalue weighted by atomic mass is 10.2. The Morgan fingerprint density at radius 2 is 2.17 bits per heavy atom. The minimum atomic E-state index is -2.91. The quantitative estimate of drug-likeness (QED) is 0.583. The van der Waals surface area contributed by atoms with E-state index in [2.05, 4.69) is 15.6 Å². The lowest BCUT2D eigenvalue weighted by Crippen LogP contribution is -2.43. The molecule has 1 aliphatic heterocycles. The van der Waals surface area contributed by atoms with Gasteiger partial charge in [-0.25, -0.2) is 8.42 Å². The van der Waals surface area contributed by atoms with Crippen LogP contribution < -0.4 is 20.1 Å². The summed E-state index contributed by atoms with van der Waals surface area (Å²) in [6.45, 7) is 3.03. The van der Waals surface area contributed by atoms with Crippen LogP contribution in [-0.4, -0.2) is 52.7 Å². The Morgan fingerprint density at radius 3 is 2.75 bits per heavy atom. The zero-order valence-corrected chi connectivity index (χ0v) is 15.1. The molecule has 0 radical (unpaired) electrons. The summed E-state index contributed by atoms with van der Waals surface area (Å²) in [5.41, 5.74) is 1.02. The number of rotatable bonds is 6. The summed E-state index contributed by atoms with van der Waals surface area (Å²) in [5, 5.41) is 6.35. The van der Waals surface area contributed by atoms with E-state index in [9.17, 15) is 8.42 Å². The second-order valence-electron chi connectivity index (χ2n) is 5.59. The third kappa shape index (κ3) is 5.02. The van der Waals surface area contributed by atoms with Gasteiger partial charge in [0.2, 0.25) is 0 Å². The van der Waals surface area contributed by atoms with Gasteiger partial charge in [-0.1, -0.05) is 6.07 Å². The summed E-state index contributed by atoms with van der Waals surface area (Å²) < 4.78 is 33.9. The first-order valence-electron chi connectivity index (χ1n) is 7.94. The largest absolute Gasteiger partial charge is 0.493 e. The number of methoxy groups -OCH3 is 1. The first-order valence-corrected chi connectivity index (χ1v) is 9.77. The molecule has 7 nitrogen and oxygen atoms in total. The van der Waals surface area contributed by atoms with Crippen LogP contribution in [0.25, 0.3) is 0 Å². The smallest absolute Gasteiger partial charge is 0.191 e. The van der Waals surface area contributed by atoms with E-state index >= 15 is 0 Å². The van der Waals surface area contributed by atoms with Crippen LogP contribution in [0.1, 0.15) is 18.9 Å². The molecule has 0 aliphatic carbocycles. The van der Waals surface area contributed by atoms with E-state index < -0.39 is 9.84 Å². The highest BCUT2D eigenvalue weighted by Gasteiger charge is 2.28. The number of ether oxygens (including phenoxy) is 2. The lowest BCUT2D eigenvalue weighted by molar-refractivity contribution is 0.310. The zero-order chi connectivity index (χ0) is 17.6. The molecule has 1 aromatic carbocycles. The van der Waals surface area contributed by atoms with E-state index in [4.69, 9.17) is 9.47 Å². The first-order chi connectivity index (χ1) is 11.5. The van der Waals surface area contributed by atoms with Gasteiger partial charge in [-0.15, -0.1) is 0 Å². The molecular formula is C16H25N3O4S. The van der Waals surface area contributed by atoms with Crippen LogP contribution in [0.3, 0.4) is 0 Å². The van der Waals surface area contributed by atoms with Crippen LogP contribution in [0.4, 0.5) is 0 Å². The average Bonchev–Trinajstić information content (AvgIpc) is 2.90. The van der Waals surface area contributed by atoms with Gasteiger partial charge in [0.25, 0.3) is 0 Å². The Morgan fingerprint density at radius 1 is 1.38 bits per heavy atom. The maximum absolute atomic E-state index is 11.5. The first kappa shape index (κ1) is 18.4. The fourth-order valence-electron chi connectivity index (χ4n) is 2.58. The molecule has 1 aromatic rings. The van der Waals surface area contributed by atoms with Crippen LogP contribution in [0.15, 0.2) is 23.2 Å². The number of benzene rings is 1. The van der Waals surface area contributed by atoms with Crippen LogP contribution in [0.5, 0.6) is 11.5 Å². The number of aliphatic imine (C=N–C) groups is 1. The standard InChI is InChI=1S/C16H25N3O4S/c1-4-23-15-9-12(5-6-14(15)22-3)10-18-16(17-2)19-13-7-8-24(20,21)11-13/h5-6,9,13H,4,7-8,10-11H2,1-3H3,(H2,17,18,19). The molecule has 1 heterocycles. The van der Waals surface area contributed by atoms with Gasteiger partial charge < -0.3 is 20.1 Å². The molecule has 1 saturated heterocycles. The van der Waals surface area contributed by atoms with Gasteiger partial charge in [0.05, 0.1) is 25.2 Å². The summed E-state index contributed by atoms with van der Waals surface area (Å²) in [6, 6.07) is 5.64. The molecule has 1 fully saturated rings. The zero-order valence-electron chi connectivity index (χ0n) is 14.3. The molecule has 24 heavy (non-hydrogen) atoms. The molecule has 0 bridgehead atoms. The van der Waals surface area contributed by atoms with Crippen molar-refractivity contribution in [2.24, 2.45) is 4.99 Å². The van der Waals surface area contributed by atoms with Crippen molar-refractivity contribution >= 4 is 15.8 Å². The monoisotopic (exact) mass is 355 g/mol. The van der Waals surface area contributed by atoms with Crippen molar-refractivity contribution in [1.82, 2.24) is 10.6 Å². The van der Waals surface area contributed by atoms with Crippen molar-refractivity contribution in [2.45, 2.75) is 25.9 Å². The normalized spacial score (nSPS) is 19.8. The topological polar surface area (TPSA) is 89.0 Å². The third-order valence-electron chi connectivity index (χ3n) is 3.78. The Hall–Kier alpha value is -1.96. The molecule has 1 unspecified atom stereocenters. The van der Waals surface area contributed by atoms with Crippen molar-refractivity contribution in [3.05, 3.63) is 23.8 Å². The molecule has 0 spiro atoms. The van der Waals surface area contributed by atoms with Crippen molar-refractivity contribution in [3.63, 3.8) is 0 Å².